The molecule has 1 aromatic heterocycles. The summed E-state index contributed by atoms with van der Waals surface area (Å²) in [6.07, 6.45) is 0.537. The van der Waals surface area contributed by atoms with E-state index in [2.05, 4.69) is 10.3 Å². The number of anilines is 1. The molecule has 0 amide bonds. The number of nitrogens with zero attached hydrogens (tertiary/aromatic N) is 1. The minimum Gasteiger partial charge on any atom is -0.392 e. The van der Waals surface area contributed by atoms with Crippen molar-refractivity contribution >= 4 is 5.82 Å². The van der Waals surface area contributed by atoms with E-state index in [1.165, 1.54) is 6.07 Å². The molecule has 0 fully saturated rings. The summed E-state index contributed by atoms with van der Waals surface area (Å²) >= 11 is 0. The Morgan fingerprint density at radius 3 is 2.93 bits per heavy atom. The maximum Gasteiger partial charge on any atom is 0.147 e. The van der Waals surface area contributed by atoms with Crippen LogP contribution in [0.3, 0.4) is 0 Å². The molecule has 14 heavy (non-hydrogen) atoms. The van der Waals surface area contributed by atoms with Gasteiger partial charge in [-0.15, -0.1) is 0 Å². The molecule has 0 saturated carbocycles. The Bertz CT molecular complexity index is 305. The quantitative estimate of drug-likeness (QED) is 0.662. The lowest BCUT2D eigenvalue weighted by Gasteiger charge is -2.08. The first kappa shape index (κ1) is 10.9. The van der Waals surface area contributed by atoms with E-state index in [1.807, 2.05) is 0 Å². The van der Waals surface area contributed by atoms with Crippen LogP contribution in [0.4, 0.5) is 10.2 Å². The van der Waals surface area contributed by atoms with Crippen molar-refractivity contribution in [2.45, 2.75) is 19.6 Å². The van der Waals surface area contributed by atoms with Gasteiger partial charge in [0.2, 0.25) is 0 Å². The highest BCUT2D eigenvalue weighted by molar-refractivity contribution is 5.37. The molecule has 78 valence electrons. The molecule has 1 aromatic rings. The van der Waals surface area contributed by atoms with Crippen molar-refractivity contribution in [2.75, 3.05) is 11.9 Å². The Balaban J connectivity index is 2.69. The lowest BCUT2D eigenvalue weighted by atomic mass is 10.2. The molecule has 0 aromatic carbocycles. The summed E-state index contributed by atoms with van der Waals surface area (Å²) in [5, 5.41) is 20.6. The number of halogens is 1. The number of aliphatic hydroxyl groups excluding tert-OH is 2. The van der Waals surface area contributed by atoms with Crippen LogP contribution >= 0.6 is 0 Å². The molecular weight excluding hydrogens is 187 g/mol. The molecule has 1 atom stereocenters. The van der Waals surface area contributed by atoms with Gasteiger partial charge in [0.05, 0.1) is 18.9 Å². The molecular formula is C9H13FN2O2. The van der Waals surface area contributed by atoms with Gasteiger partial charge >= 0.3 is 0 Å². The first-order valence-corrected chi connectivity index (χ1v) is 4.30. The minimum absolute atomic E-state index is 0.188. The molecule has 1 heterocycles. The Kier molecular flexibility index (Phi) is 3.79. The molecule has 4 nitrogen and oxygen atoms in total. The summed E-state index contributed by atoms with van der Waals surface area (Å²) in [6, 6.07) is 1.41. The molecule has 0 bridgehead atoms. The highest BCUT2D eigenvalue weighted by atomic mass is 19.1. The SMILES string of the molecule is CC(O)CNc1cc(CO)c(F)cn1. The standard InChI is InChI=1S/C9H13FN2O2/c1-6(14)3-11-9-2-7(5-13)8(10)4-12-9/h2,4,6,13-14H,3,5H2,1H3,(H,11,12). The molecule has 0 spiro atoms. The van der Waals surface area contributed by atoms with Gasteiger partial charge in [-0.2, -0.15) is 0 Å². The molecule has 1 unspecified atom stereocenters. The van der Waals surface area contributed by atoms with Gasteiger partial charge in [-0.05, 0) is 13.0 Å². The zero-order valence-corrected chi connectivity index (χ0v) is 7.87. The van der Waals surface area contributed by atoms with Gasteiger partial charge in [-0.25, -0.2) is 9.37 Å². The number of nitrogens with one attached hydrogen (secondary N) is 1. The highest BCUT2D eigenvalue weighted by Crippen LogP contribution is 2.11. The third-order valence-electron chi connectivity index (χ3n) is 1.68. The molecule has 1 rings (SSSR count). The fourth-order valence-corrected chi connectivity index (χ4v) is 0.950. The van der Waals surface area contributed by atoms with Crippen molar-refractivity contribution in [3.8, 4) is 0 Å². The molecule has 5 heteroatoms. The molecule has 0 aliphatic heterocycles. The minimum atomic E-state index is -0.532. The number of hydrogen-bond acceptors (Lipinski definition) is 4. The topological polar surface area (TPSA) is 65.4 Å². The number of rotatable bonds is 4. The van der Waals surface area contributed by atoms with E-state index < -0.39 is 11.9 Å². The van der Waals surface area contributed by atoms with Crippen LogP contribution in [0.25, 0.3) is 0 Å². The molecule has 0 aliphatic carbocycles. The van der Waals surface area contributed by atoms with E-state index in [4.69, 9.17) is 10.2 Å². The van der Waals surface area contributed by atoms with Crippen LogP contribution in [-0.4, -0.2) is 27.8 Å². The van der Waals surface area contributed by atoms with E-state index in [0.717, 1.165) is 6.20 Å². The Morgan fingerprint density at radius 2 is 2.36 bits per heavy atom. The zero-order chi connectivity index (χ0) is 10.6. The Hall–Kier alpha value is -1.20. The van der Waals surface area contributed by atoms with Crippen LogP contribution in [0.2, 0.25) is 0 Å². The van der Waals surface area contributed by atoms with Gasteiger partial charge < -0.3 is 15.5 Å². The van der Waals surface area contributed by atoms with Crippen molar-refractivity contribution in [1.82, 2.24) is 4.98 Å². The number of hydrogen-bond donors (Lipinski definition) is 3. The number of aromatic nitrogens is 1. The van der Waals surface area contributed by atoms with Gasteiger partial charge in [0.25, 0.3) is 0 Å². The van der Waals surface area contributed by atoms with E-state index >= 15 is 0 Å². The normalized spacial score (nSPS) is 12.6. The fourth-order valence-electron chi connectivity index (χ4n) is 0.950. The lowest BCUT2D eigenvalue weighted by molar-refractivity contribution is 0.208. The van der Waals surface area contributed by atoms with Gasteiger partial charge in [0, 0.05) is 12.1 Å². The van der Waals surface area contributed by atoms with Crippen molar-refractivity contribution in [3.05, 3.63) is 23.6 Å². The summed E-state index contributed by atoms with van der Waals surface area (Å²) in [4.78, 5) is 3.75. The molecule has 0 aliphatic rings. The fraction of sp³-hybridized carbons (Fsp3) is 0.444. The summed E-state index contributed by atoms with van der Waals surface area (Å²) in [6.45, 7) is 1.60. The van der Waals surface area contributed by atoms with Crippen LogP contribution in [0.5, 0.6) is 0 Å². The van der Waals surface area contributed by atoms with Crippen LogP contribution in [0.1, 0.15) is 12.5 Å². The van der Waals surface area contributed by atoms with Crippen LogP contribution in [0.15, 0.2) is 12.3 Å². The molecule has 0 saturated heterocycles. The predicted molar refractivity (Wildman–Crippen MR) is 50.3 cm³/mol. The van der Waals surface area contributed by atoms with Gasteiger partial charge in [-0.3, -0.25) is 0 Å². The van der Waals surface area contributed by atoms with Crippen molar-refractivity contribution in [3.63, 3.8) is 0 Å². The summed E-state index contributed by atoms with van der Waals surface area (Å²) in [5.41, 5.74) is 0.188. The van der Waals surface area contributed by atoms with Gasteiger partial charge in [0.15, 0.2) is 0 Å². The Morgan fingerprint density at radius 1 is 1.64 bits per heavy atom. The maximum atomic E-state index is 12.9. The first-order valence-electron chi connectivity index (χ1n) is 4.30. The summed E-state index contributed by atoms with van der Waals surface area (Å²) in [5.74, 6) is -0.0913. The predicted octanol–water partition coefficient (Wildman–Crippen LogP) is 0.506. The molecule has 3 N–H and O–H groups in total. The average molecular weight is 200 g/mol. The summed E-state index contributed by atoms with van der Waals surface area (Å²) < 4.78 is 12.9. The van der Waals surface area contributed by atoms with Crippen molar-refractivity contribution in [2.24, 2.45) is 0 Å². The largest absolute Gasteiger partial charge is 0.392 e. The Labute approximate surface area is 81.4 Å². The average Bonchev–Trinajstić information content (AvgIpc) is 2.16. The number of pyridine rings is 1. The molecule has 0 radical (unpaired) electrons. The monoisotopic (exact) mass is 200 g/mol. The maximum absolute atomic E-state index is 12.9. The van der Waals surface area contributed by atoms with E-state index in [9.17, 15) is 4.39 Å². The number of aliphatic hydroxyl groups is 2. The third kappa shape index (κ3) is 2.93. The van der Waals surface area contributed by atoms with Crippen LogP contribution in [-0.2, 0) is 6.61 Å². The van der Waals surface area contributed by atoms with Crippen molar-refractivity contribution < 1.29 is 14.6 Å². The lowest BCUT2D eigenvalue weighted by Crippen LogP contribution is -2.16. The van der Waals surface area contributed by atoms with E-state index in [0.29, 0.717) is 12.4 Å². The first-order chi connectivity index (χ1) is 6.63. The van der Waals surface area contributed by atoms with E-state index in [1.54, 1.807) is 6.92 Å². The second-order valence-electron chi connectivity index (χ2n) is 3.05. The smallest absolute Gasteiger partial charge is 0.147 e. The van der Waals surface area contributed by atoms with Gasteiger partial charge in [-0.1, -0.05) is 0 Å². The van der Waals surface area contributed by atoms with Gasteiger partial charge in [0.1, 0.15) is 11.6 Å². The zero-order valence-electron chi connectivity index (χ0n) is 7.87. The van der Waals surface area contributed by atoms with Crippen molar-refractivity contribution in [1.29, 1.82) is 0 Å². The summed E-state index contributed by atoms with van der Waals surface area (Å²) in [7, 11) is 0. The van der Waals surface area contributed by atoms with Crippen LogP contribution < -0.4 is 5.32 Å². The second-order valence-corrected chi connectivity index (χ2v) is 3.05. The third-order valence-corrected chi connectivity index (χ3v) is 1.68. The second kappa shape index (κ2) is 4.88. The van der Waals surface area contributed by atoms with E-state index in [-0.39, 0.29) is 12.2 Å². The van der Waals surface area contributed by atoms with Crippen LogP contribution in [0, 0.1) is 5.82 Å². The highest BCUT2D eigenvalue weighted by Gasteiger charge is 2.03.